The van der Waals surface area contributed by atoms with Gasteiger partial charge < -0.3 is 14.4 Å². The SMILES string of the molecule is CC(C)(C)OC(=O)Nc1cccc(C#Cc2cc([N+](=O)[O-])ccc2N2CCOCC2)c1. The number of ether oxygens (including phenoxy) is 2. The van der Waals surface area contributed by atoms with Crippen molar-refractivity contribution >= 4 is 23.2 Å². The molecule has 0 bridgehead atoms. The van der Waals surface area contributed by atoms with Crippen molar-refractivity contribution in [2.24, 2.45) is 0 Å². The van der Waals surface area contributed by atoms with Crippen molar-refractivity contribution in [1.29, 1.82) is 0 Å². The zero-order valence-corrected chi connectivity index (χ0v) is 17.8. The van der Waals surface area contributed by atoms with Crippen molar-refractivity contribution in [3.63, 3.8) is 0 Å². The maximum absolute atomic E-state index is 12.0. The van der Waals surface area contributed by atoms with Gasteiger partial charge in [-0.2, -0.15) is 0 Å². The summed E-state index contributed by atoms with van der Waals surface area (Å²) in [5.74, 6) is 6.11. The summed E-state index contributed by atoms with van der Waals surface area (Å²) >= 11 is 0. The number of carbonyl (C=O) groups excluding carboxylic acids is 1. The number of carbonyl (C=O) groups is 1. The van der Waals surface area contributed by atoms with Crippen LogP contribution in [-0.4, -0.2) is 42.9 Å². The average molecular weight is 423 g/mol. The molecule has 0 saturated carbocycles. The smallest absolute Gasteiger partial charge is 0.412 e. The van der Waals surface area contributed by atoms with Gasteiger partial charge in [0.1, 0.15) is 5.60 Å². The molecule has 1 fully saturated rings. The van der Waals surface area contributed by atoms with E-state index in [9.17, 15) is 14.9 Å². The van der Waals surface area contributed by atoms with Gasteiger partial charge in [0.15, 0.2) is 0 Å². The molecule has 0 aliphatic carbocycles. The third-order valence-corrected chi connectivity index (χ3v) is 4.39. The van der Waals surface area contributed by atoms with Crippen LogP contribution in [0.5, 0.6) is 0 Å². The van der Waals surface area contributed by atoms with E-state index >= 15 is 0 Å². The van der Waals surface area contributed by atoms with Gasteiger partial charge in [-0.3, -0.25) is 15.4 Å². The minimum atomic E-state index is -0.598. The summed E-state index contributed by atoms with van der Waals surface area (Å²) in [6.45, 7) is 7.97. The molecule has 1 heterocycles. The molecule has 0 atom stereocenters. The van der Waals surface area contributed by atoms with E-state index in [4.69, 9.17) is 9.47 Å². The Labute approximate surface area is 181 Å². The topological polar surface area (TPSA) is 93.9 Å². The first-order valence-electron chi connectivity index (χ1n) is 9.94. The first-order valence-corrected chi connectivity index (χ1v) is 9.94. The Morgan fingerprint density at radius 1 is 1.16 bits per heavy atom. The largest absolute Gasteiger partial charge is 0.444 e. The zero-order valence-electron chi connectivity index (χ0n) is 17.8. The highest BCUT2D eigenvalue weighted by atomic mass is 16.6. The van der Waals surface area contributed by atoms with Crippen molar-refractivity contribution in [2.45, 2.75) is 26.4 Å². The summed E-state index contributed by atoms with van der Waals surface area (Å²) in [7, 11) is 0. The second kappa shape index (κ2) is 9.49. The Kier molecular flexibility index (Phi) is 6.78. The number of nitro groups is 1. The van der Waals surface area contributed by atoms with Gasteiger partial charge in [-0.15, -0.1) is 0 Å². The number of hydrogen-bond donors (Lipinski definition) is 1. The van der Waals surface area contributed by atoms with Gasteiger partial charge in [0.2, 0.25) is 0 Å². The summed E-state index contributed by atoms with van der Waals surface area (Å²) in [6, 6.07) is 11.7. The van der Waals surface area contributed by atoms with Gasteiger partial charge in [-0.05, 0) is 45.0 Å². The Hall–Kier alpha value is -3.57. The number of nitrogens with zero attached hydrogens (tertiary/aromatic N) is 2. The van der Waals surface area contributed by atoms with Crippen LogP contribution in [0.1, 0.15) is 31.9 Å². The molecule has 1 amide bonds. The summed E-state index contributed by atoms with van der Waals surface area (Å²) in [5, 5.41) is 13.9. The quantitative estimate of drug-likeness (QED) is 0.452. The molecular formula is C23H25N3O5. The molecule has 3 rings (SSSR count). The fourth-order valence-corrected chi connectivity index (χ4v) is 3.05. The van der Waals surface area contributed by atoms with Crippen LogP contribution in [0, 0.1) is 22.0 Å². The van der Waals surface area contributed by atoms with Gasteiger partial charge in [-0.1, -0.05) is 17.9 Å². The van der Waals surface area contributed by atoms with E-state index in [0.717, 1.165) is 5.69 Å². The average Bonchev–Trinajstić information content (AvgIpc) is 2.71. The number of rotatable bonds is 3. The molecule has 8 heteroatoms. The highest BCUT2D eigenvalue weighted by Crippen LogP contribution is 2.26. The number of morpholine rings is 1. The standard InChI is InChI=1S/C23H25N3O5/c1-23(2,3)31-22(27)24-19-6-4-5-17(15-19)7-8-18-16-20(26(28)29)9-10-21(18)25-11-13-30-14-12-25/h4-6,9-10,15-16H,11-14H2,1-3H3,(H,24,27). The zero-order chi connectivity index (χ0) is 22.4. The second-order valence-corrected chi connectivity index (χ2v) is 8.02. The minimum absolute atomic E-state index is 0.0124. The van der Waals surface area contributed by atoms with Gasteiger partial charge in [0.25, 0.3) is 5.69 Å². The molecule has 0 aromatic heterocycles. The van der Waals surface area contributed by atoms with E-state index in [1.807, 2.05) is 0 Å². The first kappa shape index (κ1) is 22.1. The summed E-state index contributed by atoms with van der Waals surface area (Å²) in [4.78, 5) is 24.9. The molecule has 1 aliphatic heterocycles. The monoisotopic (exact) mass is 423 g/mol. The predicted molar refractivity (Wildman–Crippen MR) is 118 cm³/mol. The van der Waals surface area contributed by atoms with Gasteiger partial charge in [0, 0.05) is 36.5 Å². The Morgan fingerprint density at radius 3 is 2.58 bits per heavy atom. The first-order chi connectivity index (χ1) is 14.7. The number of benzene rings is 2. The van der Waals surface area contributed by atoms with E-state index in [2.05, 4.69) is 22.1 Å². The lowest BCUT2D eigenvalue weighted by molar-refractivity contribution is -0.384. The van der Waals surface area contributed by atoms with E-state index in [-0.39, 0.29) is 5.69 Å². The summed E-state index contributed by atoms with van der Waals surface area (Å²) in [5.41, 5.74) is 2.01. The summed E-state index contributed by atoms with van der Waals surface area (Å²) < 4.78 is 10.7. The molecule has 1 saturated heterocycles. The van der Waals surface area contributed by atoms with Crippen molar-refractivity contribution in [1.82, 2.24) is 0 Å². The third kappa shape index (κ3) is 6.46. The lowest BCUT2D eigenvalue weighted by Gasteiger charge is -2.29. The maximum atomic E-state index is 12.0. The van der Waals surface area contributed by atoms with Crippen LogP contribution in [0.15, 0.2) is 42.5 Å². The van der Waals surface area contributed by atoms with Crippen LogP contribution < -0.4 is 10.2 Å². The number of non-ortho nitro benzene ring substituents is 1. The summed E-state index contributed by atoms with van der Waals surface area (Å²) in [6.07, 6.45) is -0.550. The fourth-order valence-electron chi connectivity index (χ4n) is 3.05. The number of hydrogen-bond acceptors (Lipinski definition) is 6. The van der Waals surface area contributed by atoms with Crippen molar-refractivity contribution < 1.29 is 19.2 Å². The molecule has 2 aromatic carbocycles. The minimum Gasteiger partial charge on any atom is -0.444 e. The molecule has 1 N–H and O–H groups in total. The molecule has 8 nitrogen and oxygen atoms in total. The molecule has 0 spiro atoms. The molecule has 1 aliphatic rings. The lowest BCUT2D eigenvalue weighted by Crippen LogP contribution is -2.36. The van der Waals surface area contributed by atoms with Crippen LogP contribution >= 0.6 is 0 Å². The Bertz CT molecular complexity index is 1030. The highest BCUT2D eigenvalue weighted by molar-refractivity contribution is 5.85. The Morgan fingerprint density at radius 2 is 1.90 bits per heavy atom. The van der Waals surface area contributed by atoms with E-state index in [0.29, 0.717) is 43.1 Å². The number of amides is 1. The lowest BCUT2D eigenvalue weighted by atomic mass is 10.1. The third-order valence-electron chi connectivity index (χ3n) is 4.39. The second-order valence-electron chi connectivity index (χ2n) is 8.02. The number of anilines is 2. The van der Waals surface area contributed by atoms with Crippen molar-refractivity contribution in [2.75, 3.05) is 36.5 Å². The maximum Gasteiger partial charge on any atom is 0.412 e. The predicted octanol–water partition coefficient (Wildman–Crippen LogP) is 4.18. The normalized spacial score (nSPS) is 13.7. The molecule has 162 valence electrons. The van der Waals surface area contributed by atoms with Crippen LogP contribution in [0.4, 0.5) is 21.9 Å². The van der Waals surface area contributed by atoms with Crippen molar-refractivity contribution in [3.05, 3.63) is 63.7 Å². The molecule has 0 unspecified atom stereocenters. The van der Waals surface area contributed by atoms with E-state index < -0.39 is 16.6 Å². The number of nitrogens with one attached hydrogen (secondary N) is 1. The molecule has 0 radical (unpaired) electrons. The van der Waals surface area contributed by atoms with Crippen LogP contribution in [0.3, 0.4) is 0 Å². The Balaban J connectivity index is 1.86. The van der Waals surface area contributed by atoms with E-state index in [1.54, 1.807) is 51.1 Å². The fraction of sp³-hybridized carbons (Fsp3) is 0.348. The van der Waals surface area contributed by atoms with Gasteiger partial charge in [0.05, 0.1) is 29.4 Å². The van der Waals surface area contributed by atoms with Gasteiger partial charge in [-0.25, -0.2) is 4.79 Å². The molecule has 31 heavy (non-hydrogen) atoms. The van der Waals surface area contributed by atoms with Crippen LogP contribution in [-0.2, 0) is 9.47 Å². The van der Waals surface area contributed by atoms with Crippen LogP contribution in [0.25, 0.3) is 0 Å². The molecular weight excluding hydrogens is 398 g/mol. The molecule has 2 aromatic rings. The van der Waals surface area contributed by atoms with E-state index in [1.165, 1.54) is 12.1 Å². The van der Waals surface area contributed by atoms with Gasteiger partial charge >= 0.3 is 6.09 Å². The number of nitro benzene ring substituents is 1. The van der Waals surface area contributed by atoms with Crippen molar-refractivity contribution in [3.8, 4) is 11.8 Å². The highest BCUT2D eigenvalue weighted by Gasteiger charge is 2.18. The van der Waals surface area contributed by atoms with Crippen LogP contribution in [0.2, 0.25) is 0 Å².